The van der Waals surface area contributed by atoms with Crippen LogP contribution in [0, 0.1) is 5.82 Å². The van der Waals surface area contributed by atoms with Crippen molar-refractivity contribution in [2.45, 2.75) is 25.4 Å². The Hall–Kier alpha value is -2.60. The number of nitrogens with zero attached hydrogens (tertiary/aromatic N) is 2. The number of hydrogen-bond donors (Lipinski definition) is 1. The summed E-state index contributed by atoms with van der Waals surface area (Å²) in [6, 6.07) is 15.6. The number of nitrogens with one attached hydrogen (secondary N) is 1. The van der Waals surface area contributed by atoms with Crippen LogP contribution in [0.15, 0.2) is 48.5 Å². The molecule has 5 nitrogen and oxygen atoms in total. The average molecular weight is 399 g/mol. The molecule has 1 N–H and O–H groups in total. The minimum Gasteiger partial charge on any atom is -0.497 e. The molecule has 1 saturated carbocycles. The average Bonchev–Trinajstić information content (AvgIpc) is 3.60. The quantitative estimate of drug-likeness (QED) is 0.772. The van der Waals surface area contributed by atoms with E-state index in [-0.39, 0.29) is 11.7 Å². The molecular formula is C23H29FN3O2+. The van der Waals surface area contributed by atoms with Crippen molar-refractivity contribution in [3.05, 3.63) is 59.9 Å². The lowest BCUT2D eigenvalue weighted by molar-refractivity contribution is -0.917. The van der Waals surface area contributed by atoms with Gasteiger partial charge < -0.3 is 19.4 Å². The highest BCUT2D eigenvalue weighted by atomic mass is 19.1. The number of carbonyl (C=O) groups is 1. The first-order valence-corrected chi connectivity index (χ1v) is 10.4. The first kappa shape index (κ1) is 19.7. The van der Waals surface area contributed by atoms with E-state index < -0.39 is 0 Å². The number of para-hydroxylation sites is 1. The van der Waals surface area contributed by atoms with Gasteiger partial charge in [0.2, 0.25) is 0 Å². The Morgan fingerprint density at radius 1 is 1.07 bits per heavy atom. The van der Waals surface area contributed by atoms with Crippen LogP contribution in [-0.4, -0.2) is 56.7 Å². The van der Waals surface area contributed by atoms with Crippen molar-refractivity contribution in [3.8, 4) is 5.75 Å². The predicted octanol–water partition coefficient (Wildman–Crippen LogP) is 1.73. The van der Waals surface area contributed by atoms with Gasteiger partial charge in [-0.05, 0) is 36.4 Å². The number of methoxy groups -OCH3 is 1. The largest absolute Gasteiger partial charge is 0.497 e. The molecule has 1 aliphatic carbocycles. The standard InChI is InChI=1S/C23H28FN3O2/c1-29-20-10-6-18(7-11-20)16-27(19-8-9-19)17-23(28)26-14-12-25(13-15-26)22-5-3-2-4-21(22)24/h2-7,10-11,19H,8-9,12-17H2,1H3/p+1. The third-order valence-electron chi connectivity index (χ3n) is 5.95. The van der Waals surface area contributed by atoms with Gasteiger partial charge in [0.05, 0.1) is 18.8 Å². The van der Waals surface area contributed by atoms with Gasteiger partial charge in [0.15, 0.2) is 6.54 Å². The number of carbonyl (C=O) groups excluding carboxylic acids is 1. The molecule has 29 heavy (non-hydrogen) atoms. The molecule has 1 heterocycles. The lowest BCUT2D eigenvalue weighted by Gasteiger charge is -2.36. The molecule has 154 valence electrons. The zero-order valence-electron chi connectivity index (χ0n) is 16.9. The summed E-state index contributed by atoms with van der Waals surface area (Å²) >= 11 is 0. The van der Waals surface area contributed by atoms with E-state index in [1.54, 1.807) is 19.2 Å². The van der Waals surface area contributed by atoms with Gasteiger partial charge in [0.25, 0.3) is 5.91 Å². The van der Waals surface area contributed by atoms with Gasteiger partial charge in [-0.25, -0.2) is 4.39 Å². The highest BCUT2D eigenvalue weighted by molar-refractivity contribution is 5.77. The summed E-state index contributed by atoms with van der Waals surface area (Å²) in [7, 11) is 1.67. The fourth-order valence-corrected chi connectivity index (χ4v) is 4.06. The highest BCUT2D eigenvalue weighted by Gasteiger charge is 2.36. The van der Waals surface area contributed by atoms with Crippen LogP contribution in [0.25, 0.3) is 0 Å². The molecule has 4 rings (SSSR count). The van der Waals surface area contributed by atoms with E-state index in [0.717, 1.165) is 12.3 Å². The van der Waals surface area contributed by atoms with Crippen LogP contribution in [0.4, 0.5) is 10.1 Å². The van der Waals surface area contributed by atoms with Crippen molar-refractivity contribution < 1.29 is 18.8 Å². The number of amides is 1. The Kier molecular flexibility index (Phi) is 6.00. The Balaban J connectivity index is 1.32. The Morgan fingerprint density at radius 3 is 2.38 bits per heavy atom. The molecule has 2 fully saturated rings. The third kappa shape index (κ3) is 4.88. The number of piperazine rings is 1. The van der Waals surface area contributed by atoms with Crippen LogP contribution < -0.4 is 14.5 Å². The molecular weight excluding hydrogens is 369 g/mol. The molecule has 2 aromatic rings. The first-order valence-electron chi connectivity index (χ1n) is 10.4. The summed E-state index contributed by atoms with van der Waals surface area (Å²) in [5.74, 6) is 0.857. The number of benzene rings is 2. The number of hydrogen-bond acceptors (Lipinski definition) is 3. The summed E-state index contributed by atoms with van der Waals surface area (Å²) in [5, 5.41) is 0. The fraction of sp³-hybridized carbons (Fsp3) is 0.435. The van der Waals surface area contributed by atoms with E-state index in [1.807, 2.05) is 28.0 Å². The monoisotopic (exact) mass is 398 g/mol. The van der Waals surface area contributed by atoms with Gasteiger partial charge in [-0.1, -0.05) is 12.1 Å². The van der Waals surface area contributed by atoms with E-state index in [1.165, 1.54) is 29.4 Å². The number of anilines is 1. The second kappa shape index (κ2) is 8.82. The maximum atomic E-state index is 14.0. The van der Waals surface area contributed by atoms with Gasteiger partial charge in [-0.15, -0.1) is 0 Å². The summed E-state index contributed by atoms with van der Waals surface area (Å²) in [4.78, 5) is 18.2. The number of halogens is 1. The molecule has 0 aromatic heterocycles. The fourth-order valence-electron chi connectivity index (χ4n) is 4.06. The van der Waals surface area contributed by atoms with Crippen LogP contribution in [0.3, 0.4) is 0 Å². The van der Waals surface area contributed by atoms with Crippen molar-refractivity contribution >= 4 is 11.6 Å². The zero-order chi connectivity index (χ0) is 20.2. The lowest BCUT2D eigenvalue weighted by atomic mass is 10.2. The summed E-state index contributed by atoms with van der Waals surface area (Å²) in [6.07, 6.45) is 2.39. The second-order valence-corrected chi connectivity index (χ2v) is 7.95. The van der Waals surface area contributed by atoms with Gasteiger partial charge in [0, 0.05) is 44.6 Å². The highest BCUT2D eigenvalue weighted by Crippen LogP contribution is 2.20. The normalized spacial score (nSPS) is 17.9. The van der Waals surface area contributed by atoms with Crippen molar-refractivity contribution in [2.75, 3.05) is 44.7 Å². The van der Waals surface area contributed by atoms with Crippen molar-refractivity contribution in [3.63, 3.8) is 0 Å². The smallest absolute Gasteiger partial charge is 0.277 e. The summed E-state index contributed by atoms with van der Waals surface area (Å²) in [6.45, 7) is 4.01. The van der Waals surface area contributed by atoms with Crippen molar-refractivity contribution in [1.82, 2.24) is 4.90 Å². The molecule has 2 aromatic carbocycles. The van der Waals surface area contributed by atoms with Crippen molar-refractivity contribution in [1.29, 1.82) is 0 Å². The Bertz CT molecular complexity index is 830. The summed E-state index contributed by atoms with van der Waals surface area (Å²) < 4.78 is 19.2. The molecule has 1 unspecified atom stereocenters. The predicted molar refractivity (Wildman–Crippen MR) is 111 cm³/mol. The maximum Gasteiger partial charge on any atom is 0.277 e. The number of quaternary nitrogens is 1. The molecule has 0 bridgehead atoms. The SMILES string of the molecule is COc1ccc(C[NH+](CC(=O)N2CCN(c3ccccc3F)CC2)C2CC2)cc1. The molecule has 0 spiro atoms. The van der Waals surface area contributed by atoms with Gasteiger partial charge in [-0.3, -0.25) is 4.79 Å². The van der Waals surface area contributed by atoms with E-state index in [0.29, 0.717) is 44.5 Å². The van der Waals surface area contributed by atoms with Crippen LogP contribution in [-0.2, 0) is 11.3 Å². The second-order valence-electron chi connectivity index (χ2n) is 7.95. The van der Waals surface area contributed by atoms with Gasteiger partial charge >= 0.3 is 0 Å². The van der Waals surface area contributed by atoms with Crippen LogP contribution in [0.2, 0.25) is 0 Å². The molecule has 1 atom stereocenters. The molecule has 1 amide bonds. The Morgan fingerprint density at radius 2 is 1.76 bits per heavy atom. The maximum absolute atomic E-state index is 14.0. The first-order chi connectivity index (χ1) is 14.1. The van der Waals surface area contributed by atoms with Gasteiger partial charge in [0.1, 0.15) is 18.1 Å². The van der Waals surface area contributed by atoms with Crippen LogP contribution >= 0.6 is 0 Å². The summed E-state index contributed by atoms with van der Waals surface area (Å²) in [5.41, 5.74) is 1.86. The number of rotatable bonds is 7. The topological polar surface area (TPSA) is 37.2 Å². The van der Waals surface area contributed by atoms with E-state index >= 15 is 0 Å². The molecule has 6 heteroatoms. The van der Waals surface area contributed by atoms with E-state index in [9.17, 15) is 9.18 Å². The minimum atomic E-state index is -0.198. The molecule has 0 radical (unpaired) electrons. The number of ether oxygens (including phenoxy) is 1. The minimum absolute atomic E-state index is 0.198. The van der Waals surface area contributed by atoms with E-state index in [2.05, 4.69) is 12.1 Å². The van der Waals surface area contributed by atoms with Gasteiger partial charge in [-0.2, -0.15) is 0 Å². The van der Waals surface area contributed by atoms with E-state index in [4.69, 9.17) is 4.74 Å². The molecule has 1 saturated heterocycles. The van der Waals surface area contributed by atoms with Crippen LogP contribution in [0.5, 0.6) is 5.75 Å². The molecule has 2 aliphatic rings. The lowest BCUT2D eigenvalue weighted by Crippen LogP contribution is -3.13. The van der Waals surface area contributed by atoms with Crippen molar-refractivity contribution in [2.24, 2.45) is 0 Å². The third-order valence-corrected chi connectivity index (χ3v) is 5.95. The molecule has 1 aliphatic heterocycles. The zero-order valence-corrected chi connectivity index (χ0v) is 16.9. The van der Waals surface area contributed by atoms with Crippen LogP contribution in [0.1, 0.15) is 18.4 Å². The Labute approximate surface area is 171 Å².